The fraction of sp³-hybridized carbons (Fsp3) is 0.706. The molecule has 2 aliphatic heterocycles. The van der Waals surface area contributed by atoms with Crippen molar-refractivity contribution in [2.45, 2.75) is 57.5 Å². The molecule has 1 atom stereocenters. The van der Waals surface area contributed by atoms with E-state index in [1.165, 1.54) is 4.90 Å². The predicted molar refractivity (Wildman–Crippen MR) is 93.1 cm³/mol. The topological polar surface area (TPSA) is 139 Å². The van der Waals surface area contributed by atoms with Crippen LogP contribution in [0.2, 0.25) is 0 Å². The number of hydrogen-bond acceptors (Lipinski definition) is 6. The van der Waals surface area contributed by atoms with Crippen molar-refractivity contribution in [2.24, 2.45) is 5.73 Å². The van der Waals surface area contributed by atoms with Gasteiger partial charge in [-0.25, -0.2) is 4.79 Å². The van der Waals surface area contributed by atoms with Crippen LogP contribution in [0.5, 0.6) is 0 Å². The summed E-state index contributed by atoms with van der Waals surface area (Å²) in [5.74, 6) is -2.47. The molecule has 10 nitrogen and oxygen atoms in total. The van der Waals surface area contributed by atoms with Crippen LogP contribution in [-0.4, -0.2) is 70.8 Å². The summed E-state index contributed by atoms with van der Waals surface area (Å²) in [6.45, 7) is 2.77. The molecular weight excluding hydrogens is 356 g/mol. The van der Waals surface area contributed by atoms with E-state index in [2.05, 4.69) is 5.32 Å². The Kier molecular flexibility index (Phi) is 6.40. The van der Waals surface area contributed by atoms with Crippen LogP contribution in [0.3, 0.4) is 0 Å². The maximum Gasteiger partial charge on any atom is 0.326 e. The number of likely N-dealkylation sites (tertiary alicyclic amines) is 1. The summed E-state index contributed by atoms with van der Waals surface area (Å²) < 4.78 is 4.92. The van der Waals surface area contributed by atoms with Gasteiger partial charge in [-0.15, -0.1) is 0 Å². The zero-order valence-corrected chi connectivity index (χ0v) is 15.7. The second-order valence-electron chi connectivity index (χ2n) is 6.77. The molecule has 0 spiro atoms. The summed E-state index contributed by atoms with van der Waals surface area (Å²) in [5.41, 5.74) is 4.31. The van der Waals surface area contributed by atoms with E-state index in [1.807, 2.05) is 0 Å². The molecular formula is C17H26N4O6. The van der Waals surface area contributed by atoms with Crippen molar-refractivity contribution in [3.05, 3.63) is 0 Å². The molecule has 150 valence electrons. The number of piperidine rings is 1. The fourth-order valence-electron chi connectivity index (χ4n) is 3.47. The summed E-state index contributed by atoms with van der Waals surface area (Å²) >= 11 is 0. The van der Waals surface area contributed by atoms with Crippen molar-refractivity contribution in [3.8, 4) is 0 Å². The molecule has 10 heteroatoms. The number of primary amides is 1. The maximum absolute atomic E-state index is 12.4. The van der Waals surface area contributed by atoms with Crippen molar-refractivity contribution in [3.63, 3.8) is 0 Å². The lowest BCUT2D eigenvalue weighted by Gasteiger charge is -2.33. The number of carbonyl (C=O) groups is 5. The second kappa shape index (κ2) is 8.36. The normalized spacial score (nSPS) is 21.8. The van der Waals surface area contributed by atoms with Gasteiger partial charge in [0.2, 0.25) is 5.91 Å². The number of imide groups is 1. The number of esters is 1. The minimum Gasteiger partial charge on any atom is -0.454 e. The molecule has 2 rings (SSSR count). The Morgan fingerprint density at radius 1 is 1.22 bits per heavy atom. The van der Waals surface area contributed by atoms with Crippen molar-refractivity contribution in [2.75, 3.05) is 19.7 Å². The fourth-order valence-corrected chi connectivity index (χ4v) is 3.47. The van der Waals surface area contributed by atoms with E-state index in [0.717, 1.165) is 17.7 Å². The van der Waals surface area contributed by atoms with Gasteiger partial charge in [0.15, 0.2) is 6.61 Å². The van der Waals surface area contributed by atoms with Crippen LogP contribution < -0.4 is 11.1 Å². The zero-order chi connectivity index (χ0) is 20.2. The van der Waals surface area contributed by atoms with E-state index < -0.39 is 54.5 Å². The van der Waals surface area contributed by atoms with Gasteiger partial charge in [0.05, 0.1) is 0 Å². The van der Waals surface area contributed by atoms with Gasteiger partial charge in [-0.3, -0.25) is 24.1 Å². The van der Waals surface area contributed by atoms with Gasteiger partial charge >= 0.3 is 12.0 Å². The lowest BCUT2D eigenvalue weighted by molar-refractivity contribution is -0.156. The van der Waals surface area contributed by atoms with Gasteiger partial charge in [-0.2, -0.15) is 0 Å². The van der Waals surface area contributed by atoms with E-state index in [0.29, 0.717) is 25.8 Å². The van der Waals surface area contributed by atoms with Crippen LogP contribution in [0, 0.1) is 0 Å². The average molecular weight is 382 g/mol. The van der Waals surface area contributed by atoms with Crippen LogP contribution in [0.4, 0.5) is 4.79 Å². The van der Waals surface area contributed by atoms with Gasteiger partial charge in [-0.1, -0.05) is 13.8 Å². The summed E-state index contributed by atoms with van der Waals surface area (Å²) in [7, 11) is 0. The highest BCUT2D eigenvalue weighted by Gasteiger charge is 2.49. The highest BCUT2D eigenvalue weighted by molar-refractivity contribution is 6.08. The van der Waals surface area contributed by atoms with Gasteiger partial charge in [-0.05, 0) is 32.1 Å². The highest BCUT2D eigenvalue weighted by atomic mass is 16.5. The molecule has 2 fully saturated rings. The third kappa shape index (κ3) is 4.20. The Morgan fingerprint density at radius 2 is 1.89 bits per heavy atom. The van der Waals surface area contributed by atoms with E-state index in [-0.39, 0.29) is 0 Å². The van der Waals surface area contributed by atoms with Crippen LogP contribution in [0.15, 0.2) is 0 Å². The maximum atomic E-state index is 12.4. The number of nitrogens with zero attached hydrogens (tertiary/aromatic N) is 2. The number of amides is 5. The first kappa shape index (κ1) is 20.7. The molecule has 0 unspecified atom stereocenters. The minimum atomic E-state index is -1.00. The van der Waals surface area contributed by atoms with Gasteiger partial charge in [0.25, 0.3) is 11.8 Å². The smallest absolute Gasteiger partial charge is 0.326 e. The number of ether oxygens (including phenoxy) is 1. The predicted octanol–water partition coefficient (Wildman–Crippen LogP) is -0.493. The molecule has 27 heavy (non-hydrogen) atoms. The quantitative estimate of drug-likeness (QED) is 0.450. The van der Waals surface area contributed by atoms with E-state index in [9.17, 15) is 24.0 Å². The summed E-state index contributed by atoms with van der Waals surface area (Å²) in [4.78, 5) is 62.3. The van der Waals surface area contributed by atoms with Crippen molar-refractivity contribution < 1.29 is 28.7 Å². The summed E-state index contributed by atoms with van der Waals surface area (Å²) in [6, 6.07) is -1.36. The second-order valence-corrected chi connectivity index (χ2v) is 6.77. The van der Waals surface area contributed by atoms with Crippen LogP contribution in [0.25, 0.3) is 0 Å². The Labute approximate surface area is 157 Å². The Hall–Kier alpha value is -2.65. The van der Waals surface area contributed by atoms with Gasteiger partial charge in [0, 0.05) is 6.54 Å². The minimum absolute atomic E-state index is 0.368. The van der Waals surface area contributed by atoms with E-state index >= 15 is 0 Å². The summed E-state index contributed by atoms with van der Waals surface area (Å²) in [6.07, 6.45) is 2.82. The number of hydrogen-bond donors (Lipinski definition) is 2. The molecule has 0 saturated carbocycles. The van der Waals surface area contributed by atoms with Crippen LogP contribution in [-0.2, 0) is 23.9 Å². The van der Waals surface area contributed by atoms with Crippen molar-refractivity contribution in [1.29, 1.82) is 0 Å². The molecule has 5 amide bonds. The first-order valence-corrected chi connectivity index (χ1v) is 9.14. The molecule has 3 N–H and O–H groups in total. The standard InChI is InChI=1S/C17H26N4O6/c1-3-17(4-2)15(25)21(16(26)19-17)9-13(23)27-10-12(22)20-8-6-5-7-11(20)14(18)24/h11H,3-10H2,1-2H3,(H2,18,24)(H,19,26)/t11-/m1/s1. The van der Waals surface area contributed by atoms with Crippen molar-refractivity contribution >= 4 is 29.7 Å². The monoisotopic (exact) mass is 382 g/mol. The van der Waals surface area contributed by atoms with Crippen molar-refractivity contribution in [1.82, 2.24) is 15.1 Å². The lowest BCUT2D eigenvalue weighted by atomic mass is 9.93. The third-order valence-corrected chi connectivity index (χ3v) is 5.25. The number of nitrogens with one attached hydrogen (secondary N) is 1. The molecule has 2 heterocycles. The van der Waals surface area contributed by atoms with Crippen LogP contribution >= 0.6 is 0 Å². The molecule has 0 aromatic rings. The third-order valence-electron chi connectivity index (χ3n) is 5.25. The van der Waals surface area contributed by atoms with Crippen LogP contribution in [0.1, 0.15) is 46.0 Å². The summed E-state index contributed by atoms with van der Waals surface area (Å²) in [5, 5.41) is 2.61. The largest absolute Gasteiger partial charge is 0.454 e. The Balaban J connectivity index is 1.91. The lowest BCUT2D eigenvalue weighted by Crippen LogP contribution is -2.51. The average Bonchev–Trinajstić information content (AvgIpc) is 2.90. The van der Waals surface area contributed by atoms with Gasteiger partial charge < -0.3 is 20.7 Å². The first-order chi connectivity index (χ1) is 12.8. The molecule has 2 aliphatic rings. The highest BCUT2D eigenvalue weighted by Crippen LogP contribution is 2.24. The van der Waals surface area contributed by atoms with Gasteiger partial charge in [0.1, 0.15) is 18.1 Å². The molecule has 0 bridgehead atoms. The number of urea groups is 1. The molecule has 0 aromatic heterocycles. The zero-order valence-electron chi connectivity index (χ0n) is 15.7. The molecule has 2 saturated heterocycles. The van der Waals surface area contributed by atoms with E-state index in [1.54, 1.807) is 13.8 Å². The number of rotatable bonds is 7. The van der Waals surface area contributed by atoms with E-state index in [4.69, 9.17) is 10.5 Å². The molecule has 0 aromatic carbocycles. The SMILES string of the molecule is CCC1(CC)NC(=O)N(CC(=O)OCC(=O)N2CCCC[C@@H]2C(N)=O)C1=O. The number of carbonyl (C=O) groups excluding carboxylic acids is 5. The Bertz CT molecular complexity index is 645. The first-order valence-electron chi connectivity index (χ1n) is 9.14. The Morgan fingerprint density at radius 3 is 2.44 bits per heavy atom. The molecule has 0 aliphatic carbocycles. The molecule has 0 radical (unpaired) electrons. The number of nitrogens with two attached hydrogens (primary N) is 1.